The molecule has 134 valence electrons. The Morgan fingerprint density at radius 2 is 1.56 bits per heavy atom. The van der Waals surface area contributed by atoms with Crippen molar-refractivity contribution in [2.45, 2.75) is 20.8 Å². The molecule has 0 heterocycles. The fourth-order valence-electron chi connectivity index (χ4n) is 2.08. The minimum absolute atomic E-state index is 0.0527. The molecular weight excluding hydrogens is 393 g/mol. The molecular formula is C16H18AsNO7. The molecule has 1 amide bonds. The van der Waals surface area contributed by atoms with Crippen molar-refractivity contribution in [3.8, 4) is 0 Å². The predicted octanol–water partition coefficient (Wildman–Crippen LogP) is 0.571. The summed E-state index contributed by atoms with van der Waals surface area (Å²) in [5.41, 5.74) is 1.36. The van der Waals surface area contributed by atoms with E-state index in [9.17, 15) is 22.2 Å². The number of hydrogen-bond donors (Lipinski definition) is 3. The Morgan fingerprint density at radius 3 is 1.96 bits per heavy atom. The van der Waals surface area contributed by atoms with Gasteiger partial charge in [0.15, 0.2) is 11.6 Å². The number of carbonyl (C=O) groups excluding carboxylic acids is 3. The van der Waals surface area contributed by atoms with Crippen molar-refractivity contribution in [1.82, 2.24) is 0 Å². The van der Waals surface area contributed by atoms with E-state index in [4.69, 9.17) is 5.26 Å². The molecule has 0 saturated heterocycles. The Labute approximate surface area is 147 Å². The zero-order valence-corrected chi connectivity index (χ0v) is 15.7. The van der Waals surface area contributed by atoms with Crippen molar-refractivity contribution >= 4 is 41.7 Å². The monoisotopic (exact) mass is 411 g/mol. The summed E-state index contributed by atoms with van der Waals surface area (Å²) in [4.78, 5) is 31.5. The Bertz CT molecular complexity index is 773. The third-order valence-corrected chi connectivity index (χ3v) is 6.25. The number of nitrogens with one attached hydrogen (secondary N) is 1. The maximum absolute atomic E-state index is 11.7. The molecule has 0 aliphatic heterocycles. The maximum Gasteiger partial charge on any atom is 0.178 e. The standard InChI is InChI=1S/C10H14AsNO5.C6H4O2/c1-6-4-5-9(12-8(3)13)7(2)10(6)11(14,15)17-16;7-5-1-2-6(8)4-3-5/h4-5,16H,1-3H3,(H,12,13)(H,14,15);1-4H. The van der Waals surface area contributed by atoms with E-state index in [1.807, 2.05) is 0 Å². The molecule has 0 saturated carbocycles. The summed E-state index contributed by atoms with van der Waals surface area (Å²) >= 11 is -4.93. The van der Waals surface area contributed by atoms with Gasteiger partial charge in [-0.05, 0) is 24.3 Å². The van der Waals surface area contributed by atoms with E-state index in [0.29, 0.717) is 16.8 Å². The van der Waals surface area contributed by atoms with Crippen LogP contribution in [0.4, 0.5) is 5.69 Å². The van der Waals surface area contributed by atoms with Gasteiger partial charge < -0.3 is 0 Å². The second-order valence-electron chi connectivity index (χ2n) is 5.16. The van der Waals surface area contributed by atoms with Gasteiger partial charge in [0.1, 0.15) is 0 Å². The van der Waals surface area contributed by atoms with Crippen LogP contribution in [0.15, 0.2) is 36.4 Å². The van der Waals surface area contributed by atoms with Crippen LogP contribution in [0.3, 0.4) is 0 Å². The van der Waals surface area contributed by atoms with Crippen molar-refractivity contribution in [1.29, 1.82) is 0 Å². The van der Waals surface area contributed by atoms with Gasteiger partial charge in [0.2, 0.25) is 0 Å². The number of benzene rings is 1. The summed E-state index contributed by atoms with van der Waals surface area (Å²) in [6.07, 6.45) is 5.01. The first kappa shape index (κ1) is 20.8. The van der Waals surface area contributed by atoms with Crippen molar-refractivity contribution in [2.24, 2.45) is 0 Å². The van der Waals surface area contributed by atoms with Gasteiger partial charge in [-0.25, -0.2) is 0 Å². The van der Waals surface area contributed by atoms with E-state index in [1.165, 1.54) is 31.2 Å². The molecule has 25 heavy (non-hydrogen) atoms. The van der Waals surface area contributed by atoms with E-state index in [2.05, 4.69) is 9.19 Å². The number of amides is 1. The van der Waals surface area contributed by atoms with E-state index in [0.717, 1.165) is 0 Å². The third kappa shape index (κ3) is 5.95. The molecule has 8 nitrogen and oxygen atoms in total. The molecule has 9 heteroatoms. The van der Waals surface area contributed by atoms with Crippen LogP contribution in [0.25, 0.3) is 0 Å². The van der Waals surface area contributed by atoms with Crippen molar-refractivity contribution in [3.05, 3.63) is 47.6 Å². The zero-order chi connectivity index (χ0) is 19.2. The molecule has 1 aromatic rings. The van der Waals surface area contributed by atoms with Gasteiger partial charge in [0, 0.05) is 0 Å². The van der Waals surface area contributed by atoms with Crippen molar-refractivity contribution < 1.29 is 31.4 Å². The van der Waals surface area contributed by atoms with E-state index < -0.39 is 14.2 Å². The summed E-state index contributed by atoms with van der Waals surface area (Å²) in [6, 6.07) is 3.21. The smallest absolute Gasteiger partial charge is 0.178 e. The quantitative estimate of drug-likeness (QED) is 0.287. The predicted molar refractivity (Wildman–Crippen MR) is 90.5 cm³/mol. The fourth-order valence-corrected chi connectivity index (χ4v) is 4.48. The summed E-state index contributed by atoms with van der Waals surface area (Å²) in [5.74, 6) is -0.526. The van der Waals surface area contributed by atoms with Crippen LogP contribution < -0.4 is 9.67 Å². The molecule has 1 unspecified atom stereocenters. The Hall–Kier alpha value is -2.25. The number of hydrogen-bond acceptors (Lipinski definition) is 6. The van der Waals surface area contributed by atoms with Gasteiger partial charge in [0.05, 0.1) is 0 Å². The van der Waals surface area contributed by atoms with Crippen LogP contribution in [0.1, 0.15) is 18.1 Å². The molecule has 0 radical (unpaired) electrons. The molecule has 0 spiro atoms. The van der Waals surface area contributed by atoms with Crippen LogP contribution in [-0.2, 0) is 22.0 Å². The van der Waals surface area contributed by atoms with Crippen molar-refractivity contribution in [3.63, 3.8) is 0 Å². The Balaban J connectivity index is 0.000000324. The second kappa shape index (κ2) is 8.73. The normalized spacial score (nSPS) is 15.2. The molecule has 1 aromatic carbocycles. The average molecular weight is 411 g/mol. The number of carbonyl (C=O) groups is 3. The van der Waals surface area contributed by atoms with E-state index in [-0.39, 0.29) is 21.8 Å². The van der Waals surface area contributed by atoms with Crippen LogP contribution in [-0.4, -0.2) is 41.0 Å². The zero-order valence-electron chi connectivity index (χ0n) is 13.8. The second-order valence-corrected chi connectivity index (χ2v) is 8.62. The Kier molecular flexibility index (Phi) is 7.26. The Morgan fingerprint density at radius 1 is 1.08 bits per heavy atom. The van der Waals surface area contributed by atoms with Gasteiger partial charge in [-0.3, -0.25) is 9.59 Å². The molecule has 1 aliphatic carbocycles. The summed E-state index contributed by atoms with van der Waals surface area (Å²) in [6.45, 7) is 4.55. The number of rotatable bonds is 3. The molecule has 1 atom stereocenters. The van der Waals surface area contributed by atoms with E-state index >= 15 is 0 Å². The third-order valence-electron chi connectivity index (χ3n) is 3.16. The molecule has 2 rings (SSSR count). The van der Waals surface area contributed by atoms with Crippen LogP contribution in [0.5, 0.6) is 0 Å². The molecule has 3 N–H and O–H groups in total. The number of allylic oxidation sites excluding steroid dienone is 4. The molecule has 0 fully saturated rings. The van der Waals surface area contributed by atoms with Gasteiger partial charge in [-0.15, -0.1) is 0 Å². The maximum atomic E-state index is 11.7. The number of aryl methyl sites for hydroxylation is 1. The topological polar surface area (TPSA) is 130 Å². The summed E-state index contributed by atoms with van der Waals surface area (Å²) < 4.78 is 25.0. The fraction of sp³-hybridized carbons (Fsp3) is 0.188. The minimum atomic E-state index is -4.93. The van der Waals surface area contributed by atoms with Crippen LogP contribution in [0, 0.1) is 13.8 Å². The first-order chi connectivity index (χ1) is 11.6. The van der Waals surface area contributed by atoms with Crippen molar-refractivity contribution in [2.75, 3.05) is 5.32 Å². The van der Waals surface area contributed by atoms with Gasteiger partial charge in [-0.2, -0.15) is 0 Å². The first-order valence-corrected chi connectivity index (χ1v) is 10.4. The van der Waals surface area contributed by atoms with E-state index in [1.54, 1.807) is 26.0 Å². The van der Waals surface area contributed by atoms with Gasteiger partial charge >= 0.3 is 101 Å². The SMILES string of the molecule is CC(=O)Nc1ccc(C)c([As](=O)(O)OO)c1C.O=C1C=CC(=O)C=C1. The van der Waals surface area contributed by atoms with Crippen LogP contribution >= 0.6 is 0 Å². The molecule has 0 aromatic heterocycles. The average Bonchev–Trinajstić information content (AvgIpc) is 2.53. The number of anilines is 1. The van der Waals surface area contributed by atoms with Gasteiger partial charge in [-0.1, -0.05) is 0 Å². The van der Waals surface area contributed by atoms with Crippen LogP contribution in [0.2, 0.25) is 0 Å². The minimum Gasteiger partial charge on any atom is -0.290 e. The van der Waals surface area contributed by atoms with Gasteiger partial charge in [0.25, 0.3) is 0 Å². The first-order valence-electron chi connectivity index (χ1n) is 7.07. The summed E-state index contributed by atoms with van der Waals surface area (Å²) in [7, 11) is 0. The summed E-state index contributed by atoms with van der Waals surface area (Å²) in [5, 5.41) is 11.0. The molecule has 0 bridgehead atoms. The largest absolute Gasteiger partial charge is 0.290 e. The number of ketones is 2. The molecule has 1 aliphatic rings.